The van der Waals surface area contributed by atoms with Gasteiger partial charge in [0.25, 0.3) is 5.91 Å². The van der Waals surface area contributed by atoms with Gasteiger partial charge in [0.15, 0.2) is 0 Å². The van der Waals surface area contributed by atoms with Crippen molar-refractivity contribution in [3.05, 3.63) is 64.8 Å². The fourth-order valence-electron chi connectivity index (χ4n) is 3.43. The summed E-state index contributed by atoms with van der Waals surface area (Å²) in [7, 11) is 0. The van der Waals surface area contributed by atoms with Crippen LogP contribution in [0.4, 0.5) is 11.7 Å². The lowest BCUT2D eigenvalue weighted by Gasteiger charge is -2.06. The summed E-state index contributed by atoms with van der Waals surface area (Å²) < 4.78 is 6.73. The molecule has 0 aliphatic heterocycles. The molecule has 3 aromatic heterocycles. The van der Waals surface area contributed by atoms with E-state index in [1.54, 1.807) is 30.3 Å². The van der Waals surface area contributed by atoms with E-state index in [4.69, 9.17) is 27.6 Å². The quantitative estimate of drug-likeness (QED) is 0.365. The molecule has 0 aliphatic rings. The molecule has 0 radical (unpaired) electrons. The number of pyridine rings is 1. The molecule has 5 N–H and O–H groups in total. The first-order valence-electron chi connectivity index (χ1n) is 10.4. The van der Waals surface area contributed by atoms with Gasteiger partial charge in [0.2, 0.25) is 11.8 Å². The zero-order valence-corrected chi connectivity index (χ0v) is 19.2. The van der Waals surface area contributed by atoms with Crippen LogP contribution in [0.5, 0.6) is 0 Å². The van der Waals surface area contributed by atoms with E-state index in [-0.39, 0.29) is 35.6 Å². The number of rotatable bonds is 7. The normalized spacial score (nSPS) is 11.1. The molecule has 174 valence electrons. The molecule has 11 heteroatoms. The molecule has 0 atom stereocenters. The van der Waals surface area contributed by atoms with Crippen LogP contribution in [0, 0.1) is 0 Å². The predicted octanol–water partition coefficient (Wildman–Crippen LogP) is 3.70. The molecule has 10 nitrogen and oxygen atoms in total. The number of nitrogens with one attached hydrogen (secondary N) is 1. The first-order chi connectivity index (χ1) is 16.2. The first kappa shape index (κ1) is 23.0. The molecule has 0 aliphatic carbocycles. The highest BCUT2D eigenvalue weighted by molar-refractivity contribution is 6.33. The van der Waals surface area contributed by atoms with Crippen LogP contribution in [-0.2, 0) is 11.2 Å². The number of carbonyl (C=O) groups excluding carboxylic acids is 2. The summed E-state index contributed by atoms with van der Waals surface area (Å²) in [6.07, 6.45) is 1.57. The number of carbonyl (C=O) groups is 2. The Labute approximate surface area is 199 Å². The lowest BCUT2D eigenvalue weighted by Crippen LogP contribution is -2.15. The molecule has 2 amide bonds. The number of benzene rings is 1. The summed E-state index contributed by atoms with van der Waals surface area (Å²) in [6, 6.07) is 12.1. The van der Waals surface area contributed by atoms with Crippen molar-refractivity contribution >= 4 is 35.1 Å². The molecule has 3 heterocycles. The number of hydrogen-bond donors (Lipinski definition) is 3. The largest absolute Gasteiger partial charge is 0.383 e. The van der Waals surface area contributed by atoms with E-state index in [1.165, 1.54) is 10.9 Å². The number of aromatic nitrogens is 4. The van der Waals surface area contributed by atoms with Crippen LogP contribution in [-0.4, -0.2) is 31.7 Å². The number of hydrogen-bond acceptors (Lipinski definition) is 7. The van der Waals surface area contributed by atoms with Gasteiger partial charge in [-0.25, -0.2) is 4.68 Å². The Morgan fingerprint density at radius 1 is 1.18 bits per heavy atom. The molecule has 34 heavy (non-hydrogen) atoms. The van der Waals surface area contributed by atoms with Gasteiger partial charge in [-0.3, -0.25) is 19.9 Å². The number of primary amides is 1. The third-order valence-electron chi connectivity index (χ3n) is 5.04. The minimum atomic E-state index is -0.687. The molecular formula is C23H22ClN7O3. The highest BCUT2D eigenvalue weighted by Gasteiger charge is 2.23. The maximum atomic E-state index is 12.5. The summed E-state index contributed by atoms with van der Waals surface area (Å²) in [6.45, 7) is 3.78. The van der Waals surface area contributed by atoms with Gasteiger partial charge in [-0.15, -0.1) is 0 Å². The molecule has 0 bridgehead atoms. The summed E-state index contributed by atoms with van der Waals surface area (Å²) in [5, 5.41) is 11.5. The van der Waals surface area contributed by atoms with Gasteiger partial charge < -0.3 is 16.0 Å². The van der Waals surface area contributed by atoms with Crippen molar-refractivity contribution < 1.29 is 14.1 Å². The van der Waals surface area contributed by atoms with E-state index in [2.05, 4.69) is 20.6 Å². The van der Waals surface area contributed by atoms with E-state index in [0.717, 1.165) is 0 Å². The Morgan fingerprint density at radius 3 is 2.59 bits per heavy atom. The maximum absolute atomic E-state index is 12.5. The molecule has 0 unspecified atom stereocenters. The van der Waals surface area contributed by atoms with Gasteiger partial charge >= 0.3 is 0 Å². The average molecular weight is 480 g/mol. The average Bonchev–Trinajstić information content (AvgIpc) is 3.39. The standard InChI is InChI=1S/C23H22ClN7O3/c1-12(2)31-22(25)20(23(26)33)21(29-31)16-8-7-13(11-27-16)9-18(32)28-19-10-17(30-34-19)14-5-3-4-6-15(14)24/h3-8,10-12H,9,25H2,1-2H3,(H2,26,33)(H,28,32). The number of halogens is 1. The second-order valence-electron chi connectivity index (χ2n) is 7.84. The topological polar surface area (TPSA) is 155 Å². The summed E-state index contributed by atoms with van der Waals surface area (Å²) in [4.78, 5) is 28.8. The second-order valence-corrected chi connectivity index (χ2v) is 8.25. The number of anilines is 2. The lowest BCUT2D eigenvalue weighted by atomic mass is 10.1. The fraction of sp³-hybridized carbons (Fsp3) is 0.174. The van der Waals surface area contributed by atoms with Crippen LogP contribution in [0.1, 0.15) is 35.8 Å². The van der Waals surface area contributed by atoms with Crippen LogP contribution in [0.3, 0.4) is 0 Å². The Kier molecular flexibility index (Phi) is 6.33. The van der Waals surface area contributed by atoms with E-state index in [1.807, 2.05) is 26.0 Å². The van der Waals surface area contributed by atoms with Crippen molar-refractivity contribution in [2.75, 3.05) is 11.1 Å². The summed E-state index contributed by atoms with van der Waals surface area (Å²) >= 11 is 6.18. The molecule has 0 spiro atoms. The monoisotopic (exact) mass is 479 g/mol. The molecule has 0 fully saturated rings. The second kappa shape index (κ2) is 9.36. The number of amides is 2. The summed E-state index contributed by atoms with van der Waals surface area (Å²) in [5.74, 6) is -0.619. The minimum absolute atomic E-state index is 0.0423. The molecule has 1 aromatic carbocycles. The molecular weight excluding hydrogens is 458 g/mol. The van der Waals surface area contributed by atoms with Crippen molar-refractivity contribution in [1.82, 2.24) is 19.9 Å². The molecule has 0 saturated carbocycles. The Balaban J connectivity index is 1.47. The Morgan fingerprint density at radius 2 is 1.94 bits per heavy atom. The van der Waals surface area contributed by atoms with Gasteiger partial charge in [0, 0.05) is 23.9 Å². The number of nitrogens with zero attached hydrogens (tertiary/aromatic N) is 4. The smallest absolute Gasteiger partial charge is 0.254 e. The van der Waals surface area contributed by atoms with Crippen molar-refractivity contribution in [2.45, 2.75) is 26.3 Å². The highest BCUT2D eigenvalue weighted by atomic mass is 35.5. The SMILES string of the molecule is CC(C)n1nc(-c2ccc(CC(=O)Nc3cc(-c4ccccc4Cl)no3)cn2)c(C(N)=O)c1N. The van der Waals surface area contributed by atoms with Crippen molar-refractivity contribution in [3.8, 4) is 22.6 Å². The first-order valence-corrected chi connectivity index (χ1v) is 10.8. The van der Waals surface area contributed by atoms with E-state index in [0.29, 0.717) is 33.2 Å². The summed E-state index contributed by atoms with van der Waals surface area (Å²) in [5.41, 5.74) is 14.2. The van der Waals surface area contributed by atoms with Crippen molar-refractivity contribution in [3.63, 3.8) is 0 Å². The maximum Gasteiger partial charge on any atom is 0.254 e. The van der Waals surface area contributed by atoms with Crippen LogP contribution >= 0.6 is 11.6 Å². The zero-order valence-electron chi connectivity index (χ0n) is 18.4. The highest BCUT2D eigenvalue weighted by Crippen LogP contribution is 2.29. The lowest BCUT2D eigenvalue weighted by molar-refractivity contribution is -0.115. The zero-order chi connectivity index (χ0) is 24.4. The Hall–Kier alpha value is -4.18. The Bertz CT molecular complexity index is 1360. The van der Waals surface area contributed by atoms with Crippen LogP contribution < -0.4 is 16.8 Å². The van der Waals surface area contributed by atoms with E-state index < -0.39 is 5.91 Å². The third kappa shape index (κ3) is 4.62. The van der Waals surface area contributed by atoms with Crippen molar-refractivity contribution in [2.24, 2.45) is 5.73 Å². The van der Waals surface area contributed by atoms with Gasteiger partial charge in [0.05, 0.1) is 17.1 Å². The predicted molar refractivity (Wildman–Crippen MR) is 128 cm³/mol. The van der Waals surface area contributed by atoms with Gasteiger partial charge in [-0.1, -0.05) is 41.0 Å². The van der Waals surface area contributed by atoms with E-state index >= 15 is 0 Å². The van der Waals surface area contributed by atoms with Gasteiger partial charge in [-0.05, 0) is 31.5 Å². The van der Waals surface area contributed by atoms with Crippen LogP contribution in [0.2, 0.25) is 5.02 Å². The van der Waals surface area contributed by atoms with E-state index in [9.17, 15) is 9.59 Å². The van der Waals surface area contributed by atoms with Gasteiger partial charge in [0.1, 0.15) is 22.8 Å². The molecule has 0 saturated heterocycles. The number of nitrogens with two attached hydrogens (primary N) is 2. The van der Waals surface area contributed by atoms with Crippen LogP contribution in [0.25, 0.3) is 22.6 Å². The van der Waals surface area contributed by atoms with Gasteiger partial charge in [-0.2, -0.15) is 5.10 Å². The molecule has 4 aromatic rings. The third-order valence-corrected chi connectivity index (χ3v) is 5.37. The molecule has 4 rings (SSSR count). The van der Waals surface area contributed by atoms with Crippen molar-refractivity contribution in [1.29, 1.82) is 0 Å². The fourth-order valence-corrected chi connectivity index (χ4v) is 3.66. The minimum Gasteiger partial charge on any atom is -0.383 e. The number of nitrogen functional groups attached to an aromatic ring is 1. The van der Waals surface area contributed by atoms with Crippen LogP contribution in [0.15, 0.2) is 53.2 Å².